The van der Waals surface area contributed by atoms with Gasteiger partial charge in [-0.1, -0.05) is 0 Å². The summed E-state index contributed by atoms with van der Waals surface area (Å²) in [4.78, 5) is 18.5. The number of aryl methyl sites for hydroxylation is 2. The van der Waals surface area contributed by atoms with E-state index in [1.54, 1.807) is 19.3 Å². The van der Waals surface area contributed by atoms with Gasteiger partial charge in [-0.15, -0.1) is 0 Å². The molecule has 0 fully saturated rings. The first-order valence-electron chi connectivity index (χ1n) is 4.40. The van der Waals surface area contributed by atoms with E-state index in [4.69, 9.17) is 4.42 Å². The number of nitrogens with zero attached hydrogens (tertiary/aromatic N) is 1. The fraction of sp³-hybridized carbons (Fsp3) is 0.200. The van der Waals surface area contributed by atoms with E-state index >= 15 is 0 Å². The van der Waals surface area contributed by atoms with Crippen molar-refractivity contribution in [3.63, 3.8) is 0 Å². The summed E-state index contributed by atoms with van der Waals surface area (Å²) in [6.07, 6.45) is 1.57. The van der Waals surface area contributed by atoms with Crippen LogP contribution in [0.5, 0.6) is 0 Å². The molecule has 0 unspecified atom stereocenters. The average Bonchev–Trinajstić information content (AvgIpc) is 2.60. The summed E-state index contributed by atoms with van der Waals surface area (Å²) in [6, 6.07) is 1.78. The van der Waals surface area contributed by atoms with Crippen LogP contribution in [0.1, 0.15) is 11.5 Å². The Morgan fingerprint density at radius 2 is 2.20 bits per heavy atom. The third-order valence-electron chi connectivity index (χ3n) is 2.14. The van der Waals surface area contributed by atoms with Crippen LogP contribution in [-0.2, 0) is 0 Å². The van der Waals surface area contributed by atoms with Crippen molar-refractivity contribution in [2.75, 3.05) is 0 Å². The van der Waals surface area contributed by atoms with Crippen LogP contribution in [0.4, 0.5) is 0 Å². The summed E-state index contributed by atoms with van der Waals surface area (Å²) in [6.45, 7) is 3.60. The van der Waals surface area contributed by atoms with E-state index in [-0.39, 0.29) is 5.56 Å². The molecule has 0 amide bonds. The Balaban J connectivity index is 2.66. The number of hydrogen-bond acceptors (Lipinski definition) is 3. The fourth-order valence-corrected chi connectivity index (χ4v) is 1.52. The fourth-order valence-electron chi connectivity index (χ4n) is 1.33. The third-order valence-corrected chi connectivity index (χ3v) is 3.08. The van der Waals surface area contributed by atoms with Gasteiger partial charge in [0.15, 0.2) is 0 Å². The molecule has 15 heavy (non-hydrogen) atoms. The quantitative estimate of drug-likeness (QED) is 0.864. The second-order valence-electron chi connectivity index (χ2n) is 3.20. The smallest absolute Gasteiger partial charge is 0.265 e. The van der Waals surface area contributed by atoms with Crippen LogP contribution in [-0.4, -0.2) is 9.97 Å². The number of aromatic nitrogens is 2. The number of halogens is 1. The minimum Gasteiger partial charge on any atom is -0.469 e. The average molecular weight is 269 g/mol. The second kappa shape index (κ2) is 3.66. The number of hydrogen-bond donors (Lipinski definition) is 1. The van der Waals surface area contributed by atoms with Crippen molar-refractivity contribution in [2.45, 2.75) is 13.8 Å². The number of rotatable bonds is 1. The first kappa shape index (κ1) is 10.2. The molecule has 0 atom stereocenters. The van der Waals surface area contributed by atoms with Crippen molar-refractivity contribution in [3.8, 4) is 11.4 Å². The summed E-state index contributed by atoms with van der Waals surface area (Å²) < 4.78 is 5.62. The number of H-pyrrole nitrogens is 1. The number of nitrogens with one attached hydrogen (secondary N) is 1. The van der Waals surface area contributed by atoms with Gasteiger partial charge in [0, 0.05) is 0 Å². The Kier molecular flexibility index (Phi) is 2.48. The van der Waals surface area contributed by atoms with Gasteiger partial charge in [0.1, 0.15) is 16.1 Å². The third kappa shape index (κ3) is 1.74. The van der Waals surface area contributed by atoms with Crippen molar-refractivity contribution >= 4 is 15.9 Å². The predicted octanol–water partition coefficient (Wildman–Crippen LogP) is 2.41. The highest BCUT2D eigenvalue weighted by molar-refractivity contribution is 9.10. The van der Waals surface area contributed by atoms with Gasteiger partial charge >= 0.3 is 0 Å². The molecule has 0 aliphatic carbocycles. The summed E-state index contributed by atoms with van der Waals surface area (Å²) in [7, 11) is 0. The Hall–Kier alpha value is -1.36. The molecule has 78 valence electrons. The van der Waals surface area contributed by atoms with Crippen molar-refractivity contribution in [2.24, 2.45) is 0 Å². The lowest BCUT2D eigenvalue weighted by Crippen LogP contribution is -2.11. The molecule has 2 aromatic heterocycles. The Bertz CT molecular complexity index is 557. The molecular weight excluding hydrogens is 260 g/mol. The largest absolute Gasteiger partial charge is 0.469 e. The Morgan fingerprint density at radius 3 is 2.73 bits per heavy atom. The first-order chi connectivity index (χ1) is 7.09. The molecule has 1 N–H and O–H groups in total. The van der Waals surface area contributed by atoms with Gasteiger partial charge in [-0.2, -0.15) is 0 Å². The maximum atomic E-state index is 11.5. The Morgan fingerprint density at radius 1 is 1.47 bits per heavy atom. The van der Waals surface area contributed by atoms with Gasteiger partial charge in [-0.25, -0.2) is 4.98 Å². The zero-order valence-electron chi connectivity index (χ0n) is 8.30. The van der Waals surface area contributed by atoms with E-state index in [1.165, 1.54) is 0 Å². The first-order valence-corrected chi connectivity index (χ1v) is 5.20. The van der Waals surface area contributed by atoms with E-state index in [9.17, 15) is 4.79 Å². The highest BCUT2D eigenvalue weighted by Crippen LogP contribution is 2.20. The summed E-state index contributed by atoms with van der Waals surface area (Å²) >= 11 is 3.17. The summed E-state index contributed by atoms with van der Waals surface area (Å²) in [5, 5.41) is 0. The van der Waals surface area contributed by atoms with E-state index in [0.717, 1.165) is 11.3 Å². The molecule has 2 heterocycles. The van der Waals surface area contributed by atoms with Crippen molar-refractivity contribution in [1.82, 2.24) is 9.97 Å². The molecule has 0 radical (unpaired) electrons. The van der Waals surface area contributed by atoms with Crippen molar-refractivity contribution < 1.29 is 4.42 Å². The van der Waals surface area contributed by atoms with Crippen LogP contribution in [0.15, 0.2) is 26.0 Å². The lowest BCUT2D eigenvalue weighted by molar-refractivity contribution is 0.535. The zero-order valence-corrected chi connectivity index (χ0v) is 9.88. The Labute approximate surface area is 94.5 Å². The lowest BCUT2D eigenvalue weighted by atomic mass is 10.2. The number of furan rings is 1. The van der Waals surface area contributed by atoms with Gasteiger partial charge in [0.2, 0.25) is 0 Å². The van der Waals surface area contributed by atoms with E-state index in [1.807, 2.05) is 6.92 Å². The van der Waals surface area contributed by atoms with Gasteiger partial charge in [-0.05, 0) is 35.8 Å². The lowest BCUT2D eigenvalue weighted by Gasteiger charge is -2.01. The van der Waals surface area contributed by atoms with Gasteiger partial charge < -0.3 is 9.40 Å². The normalized spacial score (nSPS) is 10.6. The maximum Gasteiger partial charge on any atom is 0.265 e. The molecular formula is C10H9BrN2O2. The van der Waals surface area contributed by atoms with Crippen LogP contribution < -0.4 is 5.56 Å². The van der Waals surface area contributed by atoms with Gasteiger partial charge in [0.05, 0.1) is 17.5 Å². The topological polar surface area (TPSA) is 58.9 Å². The van der Waals surface area contributed by atoms with E-state index in [2.05, 4.69) is 25.9 Å². The van der Waals surface area contributed by atoms with Crippen molar-refractivity contribution in [1.29, 1.82) is 0 Å². The van der Waals surface area contributed by atoms with Gasteiger partial charge in [-0.3, -0.25) is 4.79 Å². The molecule has 0 saturated carbocycles. The zero-order chi connectivity index (χ0) is 11.0. The molecule has 2 rings (SSSR count). The van der Waals surface area contributed by atoms with Crippen LogP contribution in [0.25, 0.3) is 11.4 Å². The van der Waals surface area contributed by atoms with Crippen LogP contribution in [0.2, 0.25) is 0 Å². The molecule has 5 heteroatoms. The van der Waals surface area contributed by atoms with Crippen LogP contribution >= 0.6 is 15.9 Å². The van der Waals surface area contributed by atoms with Gasteiger partial charge in [0.25, 0.3) is 5.56 Å². The second-order valence-corrected chi connectivity index (χ2v) is 4.00. The monoisotopic (exact) mass is 268 g/mol. The highest BCUT2D eigenvalue weighted by Gasteiger charge is 2.10. The molecule has 0 aliphatic rings. The molecule has 0 aliphatic heterocycles. The highest BCUT2D eigenvalue weighted by atomic mass is 79.9. The maximum absolute atomic E-state index is 11.5. The molecule has 4 nitrogen and oxygen atoms in total. The molecule has 0 aromatic carbocycles. The SMILES string of the molecule is Cc1nc(-c2ccoc2C)[nH]c(=O)c1Br. The van der Waals surface area contributed by atoms with Crippen molar-refractivity contribution in [3.05, 3.63) is 38.6 Å². The summed E-state index contributed by atoms with van der Waals surface area (Å²) in [5.41, 5.74) is 1.29. The molecule has 0 spiro atoms. The molecule has 2 aromatic rings. The standard InChI is InChI=1S/C10H9BrN2O2/c1-5-8(11)10(14)13-9(12-5)7-3-4-15-6(7)2/h3-4H,1-2H3,(H,12,13,14). The molecule has 0 saturated heterocycles. The molecule has 0 bridgehead atoms. The van der Waals surface area contributed by atoms with E-state index < -0.39 is 0 Å². The van der Waals surface area contributed by atoms with E-state index in [0.29, 0.717) is 16.0 Å². The number of aromatic amines is 1. The van der Waals surface area contributed by atoms with Crippen LogP contribution in [0, 0.1) is 13.8 Å². The summed E-state index contributed by atoms with van der Waals surface area (Å²) in [5.74, 6) is 1.27. The predicted molar refractivity (Wildman–Crippen MR) is 59.7 cm³/mol. The minimum absolute atomic E-state index is 0.182. The minimum atomic E-state index is -0.182. The van der Waals surface area contributed by atoms with Crippen LogP contribution in [0.3, 0.4) is 0 Å².